The summed E-state index contributed by atoms with van der Waals surface area (Å²) in [6.45, 7) is 1.52. The van der Waals surface area contributed by atoms with E-state index in [1.54, 1.807) is 65.6 Å². The third-order valence-electron chi connectivity index (χ3n) is 8.02. The van der Waals surface area contributed by atoms with Crippen molar-refractivity contribution in [2.75, 3.05) is 15.1 Å². The van der Waals surface area contributed by atoms with Crippen LogP contribution in [-0.4, -0.2) is 35.6 Å². The van der Waals surface area contributed by atoms with Gasteiger partial charge in [0.1, 0.15) is 5.54 Å². The number of carbonyl (C=O) groups excluding carboxylic acids is 5. The Hall–Kier alpha value is -4.54. The predicted molar refractivity (Wildman–Crippen MR) is 152 cm³/mol. The Kier molecular flexibility index (Phi) is 6.39. The molecule has 3 aromatic rings. The van der Waals surface area contributed by atoms with Crippen molar-refractivity contribution < 1.29 is 24.0 Å². The fourth-order valence-electron chi connectivity index (χ4n) is 6.44. The number of hydrogen-bond donors (Lipinski definition) is 3. The number of anilines is 3. The number of nitrogens with one attached hydrogen (secondary N) is 2. The second kappa shape index (κ2) is 9.83. The second-order valence-corrected chi connectivity index (χ2v) is 10.9. The van der Waals surface area contributed by atoms with Gasteiger partial charge in [0.2, 0.25) is 23.6 Å². The van der Waals surface area contributed by atoms with E-state index in [2.05, 4.69) is 10.6 Å². The Labute approximate surface area is 240 Å². The van der Waals surface area contributed by atoms with E-state index in [0.717, 1.165) is 4.90 Å². The third-order valence-corrected chi connectivity index (χ3v) is 8.39. The molecule has 0 saturated carbocycles. The van der Waals surface area contributed by atoms with E-state index < -0.39 is 47.0 Å². The Bertz CT molecular complexity index is 1630. The molecule has 4 N–H and O–H groups in total. The van der Waals surface area contributed by atoms with Gasteiger partial charge in [0.25, 0.3) is 5.91 Å². The highest BCUT2D eigenvalue weighted by atomic mass is 35.5. The monoisotopic (exact) mass is 571 g/mol. The number of primary amides is 1. The number of amides is 5. The largest absolute Gasteiger partial charge is 0.370 e. The van der Waals surface area contributed by atoms with E-state index in [1.165, 1.54) is 6.92 Å². The van der Waals surface area contributed by atoms with E-state index in [4.69, 9.17) is 17.3 Å². The molecule has 2 fully saturated rings. The summed E-state index contributed by atoms with van der Waals surface area (Å²) in [6, 6.07) is 19.7. The molecule has 3 aliphatic rings. The van der Waals surface area contributed by atoms with Gasteiger partial charge >= 0.3 is 0 Å². The van der Waals surface area contributed by atoms with Crippen molar-refractivity contribution in [3.63, 3.8) is 0 Å². The first kappa shape index (κ1) is 26.7. The van der Waals surface area contributed by atoms with Crippen LogP contribution in [0.25, 0.3) is 0 Å². The molecule has 41 heavy (non-hydrogen) atoms. The second-order valence-electron chi connectivity index (χ2n) is 10.5. The summed E-state index contributed by atoms with van der Waals surface area (Å²) in [5, 5.41) is 6.40. The summed E-state index contributed by atoms with van der Waals surface area (Å²) >= 11 is 6.43. The molecule has 0 radical (unpaired) electrons. The van der Waals surface area contributed by atoms with Gasteiger partial charge in [-0.15, -0.1) is 0 Å². The number of imide groups is 1. The average Bonchev–Trinajstić information content (AvgIpc) is 3.49. The SMILES string of the molecule is CC(=O)Nc1ccc(N2C(=O)C3C(CC(N)=O)NC4(C(=O)N(Cc5ccccc5Cl)c5ccccc54)C3C2=O)cc1. The van der Waals surface area contributed by atoms with Crippen LogP contribution in [0.3, 0.4) is 0 Å². The van der Waals surface area contributed by atoms with Gasteiger partial charge in [-0.05, 0) is 42.0 Å². The van der Waals surface area contributed by atoms with Gasteiger partial charge in [-0.3, -0.25) is 29.3 Å². The Morgan fingerprint density at radius 3 is 2.34 bits per heavy atom. The lowest BCUT2D eigenvalue weighted by atomic mass is 9.76. The molecule has 0 bridgehead atoms. The smallest absolute Gasteiger partial charge is 0.253 e. The Morgan fingerprint density at radius 1 is 0.976 bits per heavy atom. The first-order chi connectivity index (χ1) is 19.6. The fourth-order valence-corrected chi connectivity index (χ4v) is 6.64. The van der Waals surface area contributed by atoms with Crippen molar-refractivity contribution in [3.8, 4) is 0 Å². The zero-order chi connectivity index (χ0) is 29.1. The van der Waals surface area contributed by atoms with Crippen molar-refractivity contribution in [1.29, 1.82) is 0 Å². The van der Waals surface area contributed by atoms with Crippen molar-refractivity contribution in [1.82, 2.24) is 5.32 Å². The summed E-state index contributed by atoms with van der Waals surface area (Å²) in [5.41, 5.74) is 6.61. The summed E-state index contributed by atoms with van der Waals surface area (Å²) in [5.74, 6) is -4.57. The van der Waals surface area contributed by atoms with Crippen LogP contribution in [0.5, 0.6) is 0 Å². The zero-order valence-corrected chi connectivity index (χ0v) is 22.7. The molecule has 4 unspecified atom stereocenters. The van der Waals surface area contributed by atoms with Gasteiger partial charge in [0.05, 0.1) is 24.1 Å². The molecular formula is C30H26ClN5O5. The van der Waals surface area contributed by atoms with Crippen LogP contribution in [0.15, 0.2) is 72.8 Å². The summed E-state index contributed by atoms with van der Waals surface area (Å²) in [4.78, 5) is 68.8. The van der Waals surface area contributed by atoms with Crippen molar-refractivity contribution >= 4 is 58.2 Å². The van der Waals surface area contributed by atoms with Gasteiger partial charge < -0.3 is 16.0 Å². The minimum absolute atomic E-state index is 0.146. The molecule has 3 aromatic carbocycles. The molecule has 0 aromatic heterocycles. The number of halogens is 1. The van der Waals surface area contributed by atoms with Gasteiger partial charge in [-0.2, -0.15) is 0 Å². The molecule has 6 rings (SSSR count). The maximum absolute atomic E-state index is 14.5. The van der Waals surface area contributed by atoms with Crippen molar-refractivity contribution in [2.45, 2.75) is 31.5 Å². The van der Waals surface area contributed by atoms with E-state index >= 15 is 0 Å². The molecule has 11 heteroatoms. The van der Waals surface area contributed by atoms with Crippen LogP contribution in [-0.2, 0) is 36.1 Å². The highest BCUT2D eigenvalue weighted by molar-refractivity contribution is 6.31. The van der Waals surface area contributed by atoms with E-state index in [0.29, 0.717) is 33.2 Å². The number of fused-ring (bicyclic) bond motifs is 4. The minimum Gasteiger partial charge on any atom is -0.370 e. The Morgan fingerprint density at radius 2 is 1.66 bits per heavy atom. The number of hydrogen-bond acceptors (Lipinski definition) is 6. The lowest BCUT2D eigenvalue weighted by Gasteiger charge is -2.30. The van der Waals surface area contributed by atoms with E-state index in [9.17, 15) is 24.0 Å². The van der Waals surface area contributed by atoms with Crippen molar-refractivity contribution in [3.05, 3.63) is 88.9 Å². The van der Waals surface area contributed by atoms with Crippen LogP contribution in [0.4, 0.5) is 17.1 Å². The standard InChI is InChI=1S/C30H26ClN5O5/c1-16(37)33-18-10-12-19(13-11-18)36-27(39)25-22(14-24(32)38)34-30(26(25)28(36)40)20-7-3-5-9-23(20)35(29(30)41)15-17-6-2-4-8-21(17)31/h2-13,22,25-26,34H,14-15H2,1H3,(H2,32,38)(H,33,37). The quantitative estimate of drug-likeness (QED) is 0.388. The lowest BCUT2D eigenvalue weighted by molar-refractivity contribution is -0.132. The summed E-state index contributed by atoms with van der Waals surface area (Å²) in [7, 11) is 0. The first-order valence-electron chi connectivity index (χ1n) is 13.1. The van der Waals surface area contributed by atoms with Gasteiger partial charge in [0.15, 0.2) is 0 Å². The average molecular weight is 572 g/mol. The number of carbonyl (C=O) groups is 5. The highest BCUT2D eigenvalue weighted by Gasteiger charge is 2.71. The topological polar surface area (TPSA) is 142 Å². The molecule has 3 aliphatic heterocycles. The summed E-state index contributed by atoms with van der Waals surface area (Å²) < 4.78 is 0. The highest BCUT2D eigenvalue weighted by Crippen LogP contribution is 2.55. The number of para-hydroxylation sites is 1. The van der Waals surface area contributed by atoms with Crippen LogP contribution in [0.2, 0.25) is 5.02 Å². The maximum atomic E-state index is 14.5. The van der Waals surface area contributed by atoms with E-state index in [1.807, 2.05) is 12.1 Å². The number of nitrogens with two attached hydrogens (primary N) is 1. The van der Waals surface area contributed by atoms with Crippen LogP contribution < -0.4 is 26.2 Å². The van der Waals surface area contributed by atoms with Gasteiger partial charge in [-0.25, -0.2) is 4.90 Å². The van der Waals surface area contributed by atoms with Crippen LogP contribution in [0, 0.1) is 11.8 Å². The first-order valence-corrected chi connectivity index (χ1v) is 13.5. The molecule has 0 aliphatic carbocycles. The number of nitrogens with zero attached hydrogens (tertiary/aromatic N) is 2. The zero-order valence-electron chi connectivity index (χ0n) is 22.0. The molecule has 10 nitrogen and oxygen atoms in total. The molecule has 5 amide bonds. The van der Waals surface area contributed by atoms with Gasteiger partial charge in [-0.1, -0.05) is 48.0 Å². The molecule has 3 heterocycles. The summed E-state index contributed by atoms with van der Waals surface area (Å²) in [6.07, 6.45) is -0.239. The van der Waals surface area contributed by atoms with E-state index in [-0.39, 0.29) is 18.9 Å². The molecule has 1 spiro atoms. The number of rotatable bonds is 6. The lowest BCUT2D eigenvalue weighted by Crippen LogP contribution is -2.55. The van der Waals surface area contributed by atoms with Crippen molar-refractivity contribution in [2.24, 2.45) is 17.6 Å². The molecular weight excluding hydrogens is 546 g/mol. The van der Waals surface area contributed by atoms with Gasteiger partial charge in [0, 0.05) is 41.3 Å². The minimum atomic E-state index is -1.60. The molecule has 4 atom stereocenters. The maximum Gasteiger partial charge on any atom is 0.253 e. The van der Waals surface area contributed by atoms with Crippen LogP contribution >= 0.6 is 11.6 Å². The third kappa shape index (κ3) is 4.10. The normalized spacial score (nSPS) is 24.6. The number of benzene rings is 3. The predicted octanol–water partition coefficient (Wildman–Crippen LogP) is 2.69. The van der Waals surface area contributed by atoms with Crippen LogP contribution in [0.1, 0.15) is 24.5 Å². The molecule has 208 valence electrons. The molecule has 2 saturated heterocycles. The Balaban J connectivity index is 1.45. The fraction of sp³-hybridized carbons (Fsp3) is 0.233.